The molecule has 0 radical (unpaired) electrons. The summed E-state index contributed by atoms with van der Waals surface area (Å²) < 4.78 is 1.60. The topological polar surface area (TPSA) is 61.0 Å². The zero-order chi connectivity index (χ0) is 9.14. The highest BCUT2D eigenvalue weighted by Crippen LogP contribution is 2.13. The second-order valence-electron chi connectivity index (χ2n) is 2.13. The van der Waals surface area contributed by atoms with E-state index in [4.69, 9.17) is 11.6 Å². The maximum atomic E-state index is 9.96. The SMILES string of the molecule is Cn1cnc(Cl)c1/C=C/[N+](=O)[O-]. The van der Waals surface area contributed by atoms with E-state index in [1.807, 2.05) is 0 Å². The highest BCUT2D eigenvalue weighted by atomic mass is 35.5. The van der Waals surface area contributed by atoms with Crippen LogP contribution in [0.3, 0.4) is 0 Å². The summed E-state index contributed by atoms with van der Waals surface area (Å²) in [7, 11) is 1.71. The molecule has 0 fully saturated rings. The normalized spacial score (nSPS) is 10.8. The molecule has 0 unspecified atom stereocenters. The average molecular weight is 188 g/mol. The molecule has 1 aromatic rings. The van der Waals surface area contributed by atoms with Crippen LogP contribution < -0.4 is 0 Å². The van der Waals surface area contributed by atoms with E-state index in [1.165, 1.54) is 12.4 Å². The maximum Gasteiger partial charge on any atom is 0.236 e. The Hall–Kier alpha value is -1.36. The number of nitro groups is 1. The lowest BCUT2D eigenvalue weighted by Gasteiger charge is -1.91. The van der Waals surface area contributed by atoms with Gasteiger partial charge in [0.25, 0.3) is 0 Å². The minimum absolute atomic E-state index is 0.260. The van der Waals surface area contributed by atoms with Crippen molar-refractivity contribution >= 4 is 17.7 Å². The van der Waals surface area contributed by atoms with Gasteiger partial charge in [-0.15, -0.1) is 0 Å². The van der Waals surface area contributed by atoms with Gasteiger partial charge in [0.1, 0.15) is 0 Å². The van der Waals surface area contributed by atoms with Gasteiger partial charge < -0.3 is 4.57 Å². The van der Waals surface area contributed by atoms with Crippen LogP contribution in [0.1, 0.15) is 5.69 Å². The summed E-state index contributed by atoms with van der Waals surface area (Å²) >= 11 is 5.62. The monoisotopic (exact) mass is 187 g/mol. The van der Waals surface area contributed by atoms with Crippen LogP contribution >= 0.6 is 11.6 Å². The van der Waals surface area contributed by atoms with Crippen molar-refractivity contribution in [2.75, 3.05) is 0 Å². The molecule has 1 rings (SSSR count). The number of aryl methyl sites for hydroxylation is 1. The standard InChI is InChI=1S/C6H6ClN3O2/c1-9-4-8-6(7)5(9)2-3-10(11)12/h2-4H,1H3/b3-2+. The molecule has 0 atom stereocenters. The molecule has 0 amide bonds. The second-order valence-corrected chi connectivity index (χ2v) is 2.49. The van der Waals surface area contributed by atoms with Crippen LogP contribution in [0.15, 0.2) is 12.5 Å². The van der Waals surface area contributed by atoms with Crippen LogP contribution in [0.5, 0.6) is 0 Å². The fourth-order valence-electron chi connectivity index (χ4n) is 0.729. The number of halogens is 1. The lowest BCUT2D eigenvalue weighted by Crippen LogP contribution is -1.89. The first-order valence-electron chi connectivity index (χ1n) is 3.10. The quantitative estimate of drug-likeness (QED) is 0.518. The van der Waals surface area contributed by atoms with Gasteiger partial charge >= 0.3 is 0 Å². The summed E-state index contributed by atoms with van der Waals surface area (Å²) in [5.41, 5.74) is 0.522. The van der Waals surface area contributed by atoms with Gasteiger partial charge in [-0.05, 0) is 0 Å². The molecule has 64 valence electrons. The summed E-state index contributed by atoms with van der Waals surface area (Å²) in [5, 5.41) is 10.2. The zero-order valence-corrected chi connectivity index (χ0v) is 7.02. The van der Waals surface area contributed by atoms with E-state index < -0.39 is 4.92 Å². The number of hydrogen-bond donors (Lipinski definition) is 0. The molecule has 0 spiro atoms. The van der Waals surface area contributed by atoms with Crippen LogP contribution in [0.25, 0.3) is 6.08 Å². The number of aromatic nitrogens is 2. The first-order valence-corrected chi connectivity index (χ1v) is 3.47. The Morgan fingerprint density at radius 3 is 2.92 bits per heavy atom. The molecule has 0 saturated heterocycles. The van der Waals surface area contributed by atoms with Crippen molar-refractivity contribution in [3.63, 3.8) is 0 Å². The smallest absolute Gasteiger partial charge is 0.236 e. The lowest BCUT2D eigenvalue weighted by atomic mass is 10.4. The van der Waals surface area contributed by atoms with Gasteiger partial charge in [0, 0.05) is 13.1 Å². The summed E-state index contributed by atoms with van der Waals surface area (Å²) in [4.78, 5) is 13.2. The zero-order valence-electron chi connectivity index (χ0n) is 6.27. The molecule has 0 aromatic carbocycles. The predicted molar refractivity (Wildman–Crippen MR) is 44.2 cm³/mol. The van der Waals surface area contributed by atoms with Crippen LogP contribution in [0.4, 0.5) is 0 Å². The third kappa shape index (κ3) is 1.82. The van der Waals surface area contributed by atoms with E-state index in [0.717, 1.165) is 6.20 Å². The van der Waals surface area contributed by atoms with Crippen LogP contribution in [-0.2, 0) is 7.05 Å². The Labute approximate surface area is 73.4 Å². The molecular weight excluding hydrogens is 182 g/mol. The Morgan fingerprint density at radius 1 is 1.83 bits per heavy atom. The molecule has 5 nitrogen and oxygen atoms in total. The summed E-state index contributed by atoms with van der Waals surface area (Å²) in [6, 6.07) is 0. The Balaban J connectivity index is 2.95. The van der Waals surface area contributed by atoms with E-state index in [2.05, 4.69) is 4.98 Å². The Morgan fingerprint density at radius 2 is 2.50 bits per heavy atom. The molecule has 0 aliphatic carbocycles. The molecule has 6 heteroatoms. The summed E-state index contributed by atoms with van der Waals surface area (Å²) in [5.74, 6) is 0. The highest BCUT2D eigenvalue weighted by Gasteiger charge is 2.02. The summed E-state index contributed by atoms with van der Waals surface area (Å²) in [6.45, 7) is 0. The highest BCUT2D eigenvalue weighted by molar-refractivity contribution is 6.30. The predicted octanol–water partition coefficient (Wildman–Crippen LogP) is 1.32. The van der Waals surface area contributed by atoms with E-state index in [9.17, 15) is 10.1 Å². The lowest BCUT2D eigenvalue weighted by molar-refractivity contribution is -0.401. The van der Waals surface area contributed by atoms with Gasteiger partial charge in [-0.3, -0.25) is 10.1 Å². The minimum atomic E-state index is -0.552. The van der Waals surface area contributed by atoms with Crippen molar-refractivity contribution < 1.29 is 4.92 Å². The van der Waals surface area contributed by atoms with Gasteiger partial charge in [-0.1, -0.05) is 11.6 Å². The van der Waals surface area contributed by atoms with E-state index >= 15 is 0 Å². The number of rotatable bonds is 2. The number of hydrogen-bond acceptors (Lipinski definition) is 3. The fraction of sp³-hybridized carbons (Fsp3) is 0.167. The van der Waals surface area contributed by atoms with Gasteiger partial charge in [0.05, 0.1) is 16.9 Å². The molecule has 1 heterocycles. The number of imidazole rings is 1. The largest absolute Gasteiger partial charge is 0.333 e. The molecule has 1 aromatic heterocycles. The van der Waals surface area contributed by atoms with E-state index in [0.29, 0.717) is 5.69 Å². The first-order chi connectivity index (χ1) is 5.61. The van der Waals surface area contributed by atoms with Crippen molar-refractivity contribution in [3.05, 3.63) is 33.5 Å². The van der Waals surface area contributed by atoms with Gasteiger partial charge in [0.15, 0.2) is 5.15 Å². The minimum Gasteiger partial charge on any atom is -0.333 e. The maximum absolute atomic E-state index is 9.96. The van der Waals surface area contributed by atoms with Crippen molar-refractivity contribution in [2.24, 2.45) is 7.05 Å². The van der Waals surface area contributed by atoms with Gasteiger partial charge in [-0.25, -0.2) is 4.98 Å². The van der Waals surface area contributed by atoms with Crippen molar-refractivity contribution in [1.29, 1.82) is 0 Å². The number of nitrogens with zero attached hydrogens (tertiary/aromatic N) is 3. The molecule has 0 aliphatic rings. The van der Waals surface area contributed by atoms with Gasteiger partial charge in [-0.2, -0.15) is 0 Å². The Kier molecular flexibility index (Phi) is 2.44. The van der Waals surface area contributed by atoms with Crippen LogP contribution in [0, 0.1) is 10.1 Å². The first kappa shape index (κ1) is 8.73. The van der Waals surface area contributed by atoms with Crippen molar-refractivity contribution in [3.8, 4) is 0 Å². The van der Waals surface area contributed by atoms with Crippen molar-refractivity contribution in [2.45, 2.75) is 0 Å². The second kappa shape index (κ2) is 3.36. The van der Waals surface area contributed by atoms with Crippen LogP contribution in [0.2, 0.25) is 5.15 Å². The van der Waals surface area contributed by atoms with Crippen molar-refractivity contribution in [1.82, 2.24) is 9.55 Å². The molecule has 0 aliphatic heterocycles. The third-order valence-electron chi connectivity index (χ3n) is 1.29. The van der Waals surface area contributed by atoms with Gasteiger partial charge in [0.2, 0.25) is 6.20 Å². The average Bonchev–Trinajstić information content (AvgIpc) is 2.28. The Bertz CT molecular complexity index is 312. The van der Waals surface area contributed by atoms with Crippen LogP contribution in [-0.4, -0.2) is 14.5 Å². The molecule has 0 bridgehead atoms. The van der Waals surface area contributed by atoms with E-state index in [-0.39, 0.29) is 5.15 Å². The molecule has 0 N–H and O–H groups in total. The molecule has 12 heavy (non-hydrogen) atoms. The molecule has 0 saturated carbocycles. The molecular formula is C6H6ClN3O2. The third-order valence-corrected chi connectivity index (χ3v) is 1.58. The van der Waals surface area contributed by atoms with E-state index in [1.54, 1.807) is 11.6 Å². The fourth-order valence-corrected chi connectivity index (χ4v) is 0.969. The summed E-state index contributed by atoms with van der Waals surface area (Å²) in [6.07, 6.45) is 3.61.